The molecule has 1 heterocycles. The van der Waals surface area contributed by atoms with Crippen molar-refractivity contribution >= 4 is 5.91 Å². The molecule has 0 saturated carbocycles. The molecule has 1 amide bonds. The third-order valence-corrected chi connectivity index (χ3v) is 4.92. The number of oxazole rings is 1. The fraction of sp³-hybridized carbons (Fsp3) is 0.304. The zero-order chi connectivity index (χ0) is 19.9. The van der Waals surface area contributed by atoms with Gasteiger partial charge in [-0.25, -0.2) is 4.98 Å². The molecule has 0 aliphatic rings. The minimum atomic E-state index is -0.209. The number of nitrogens with one attached hydrogen (secondary N) is 1. The molecule has 0 saturated heterocycles. The highest BCUT2D eigenvalue weighted by Crippen LogP contribution is 2.25. The molecule has 1 N–H and O–H groups in total. The van der Waals surface area contributed by atoms with Gasteiger partial charge in [-0.3, -0.25) is 9.69 Å². The lowest BCUT2D eigenvalue weighted by molar-refractivity contribution is 0.0950. The van der Waals surface area contributed by atoms with Crippen LogP contribution in [0.5, 0.6) is 0 Å². The second-order valence-electron chi connectivity index (χ2n) is 6.90. The second-order valence-corrected chi connectivity index (χ2v) is 6.90. The summed E-state index contributed by atoms with van der Waals surface area (Å²) in [5.41, 5.74) is 4.07. The molecule has 0 aliphatic carbocycles. The summed E-state index contributed by atoms with van der Waals surface area (Å²) in [6, 6.07) is 18.9. The summed E-state index contributed by atoms with van der Waals surface area (Å²) < 4.78 is 5.60. The minimum Gasteiger partial charge on any atom is -0.447 e. The molecule has 28 heavy (non-hydrogen) atoms. The van der Waals surface area contributed by atoms with Crippen molar-refractivity contribution in [2.75, 3.05) is 6.54 Å². The van der Waals surface area contributed by atoms with Crippen LogP contribution in [0.1, 0.15) is 53.0 Å². The lowest BCUT2D eigenvalue weighted by Gasteiger charge is -2.29. The number of hydrogen-bond donors (Lipinski definition) is 1. The molecular weight excluding hydrogens is 350 g/mol. The molecular formula is C23H27N3O2. The number of rotatable bonds is 8. The number of carbonyl (C=O) groups is 1. The number of aromatic nitrogens is 1. The second kappa shape index (κ2) is 9.33. The van der Waals surface area contributed by atoms with Gasteiger partial charge in [-0.2, -0.15) is 0 Å². The molecule has 3 rings (SSSR count). The van der Waals surface area contributed by atoms with Gasteiger partial charge >= 0.3 is 0 Å². The Morgan fingerprint density at radius 3 is 2.54 bits per heavy atom. The normalized spacial score (nSPS) is 12.1. The number of nitrogens with zero attached hydrogens (tertiary/aromatic N) is 2. The van der Waals surface area contributed by atoms with Crippen LogP contribution in [0.3, 0.4) is 0 Å². The molecule has 0 radical (unpaired) electrons. The van der Waals surface area contributed by atoms with E-state index in [1.54, 1.807) is 0 Å². The van der Waals surface area contributed by atoms with Crippen LogP contribution in [0.4, 0.5) is 0 Å². The number of hydrogen-bond acceptors (Lipinski definition) is 4. The fourth-order valence-corrected chi connectivity index (χ4v) is 3.19. The molecule has 5 heteroatoms. The number of aryl methyl sites for hydroxylation is 1. The van der Waals surface area contributed by atoms with Gasteiger partial charge in [0.25, 0.3) is 5.91 Å². The van der Waals surface area contributed by atoms with Crippen molar-refractivity contribution in [3.8, 4) is 0 Å². The van der Waals surface area contributed by atoms with E-state index in [4.69, 9.17) is 4.42 Å². The predicted molar refractivity (Wildman–Crippen MR) is 110 cm³/mol. The molecule has 1 atom stereocenters. The van der Waals surface area contributed by atoms with E-state index < -0.39 is 0 Å². The van der Waals surface area contributed by atoms with Crippen LogP contribution in [0.15, 0.2) is 65.3 Å². The maximum atomic E-state index is 12.0. The first-order chi connectivity index (χ1) is 13.6. The van der Waals surface area contributed by atoms with E-state index in [0.717, 1.165) is 6.54 Å². The van der Waals surface area contributed by atoms with Gasteiger partial charge in [0, 0.05) is 19.1 Å². The highest BCUT2D eigenvalue weighted by molar-refractivity contribution is 5.91. The Bertz CT molecular complexity index is 905. The maximum Gasteiger partial charge on any atom is 0.273 e. The molecule has 146 valence electrons. The maximum absolute atomic E-state index is 12.0. The van der Waals surface area contributed by atoms with E-state index in [9.17, 15) is 4.79 Å². The molecule has 2 aromatic carbocycles. The van der Waals surface area contributed by atoms with Crippen molar-refractivity contribution in [2.24, 2.45) is 0 Å². The molecule has 3 aromatic rings. The van der Waals surface area contributed by atoms with Crippen LogP contribution in [0.25, 0.3) is 0 Å². The van der Waals surface area contributed by atoms with E-state index >= 15 is 0 Å². The van der Waals surface area contributed by atoms with Crippen LogP contribution >= 0.6 is 0 Å². The number of carbonyl (C=O) groups excluding carboxylic acids is 1. The van der Waals surface area contributed by atoms with Crippen molar-refractivity contribution in [3.05, 3.63) is 89.1 Å². The molecule has 0 spiro atoms. The SMILES string of the molecule is CCNC(=O)c1coc(CN(Cc2ccccc2C)C(C)c2ccccc2)n1. The Labute approximate surface area is 166 Å². The lowest BCUT2D eigenvalue weighted by Crippen LogP contribution is -2.27. The quantitative estimate of drug-likeness (QED) is 0.628. The van der Waals surface area contributed by atoms with Gasteiger partial charge in [-0.05, 0) is 37.5 Å². The Balaban J connectivity index is 1.84. The number of amides is 1. The monoisotopic (exact) mass is 377 g/mol. The Kier molecular flexibility index (Phi) is 6.61. The highest BCUT2D eigenvalue weighted by Gasteiger charge is 2.20. The minimum absolute atomic E-state index is 0.167. The van der Waals surface area contributed by atoms with E-state index in [1.807, 2.05) is 13.0 Å². The first kappa shape index (κ1) is 19.8. The summed E-state index contributed by atoms with van der Waals surface area (Å²) in [6.45, 7) is 8.03. The van der Waals surface area contributed by atoms with Gasteiger partial charge in [-0.1, -0.05) is 54.6 Å². The van der Waals surface area contributed by atoms with Gasteiger partial charge in [-0.15, -0.1) is 0 Å². The van der Waals surface area contributed by atoms with Crippen LogP contribution in [0.2, 0.25) is 0 Å². The van der Waals surface area contributed by atoms with E-state index in [1.165, 1.54) is 23.0 Å². The third-order valence-electron chi connectivity index (χ3n) is 4.92. The third kappa shape index (κ3) is 4.87. The summed E-state index contributed by atoms with van der Waals surface area (Å²) in [5, 5.41) is 2.75. The van der Waals surface area contributed by atoms with Gasteiger partial charge in [0.1, 0.15) is 6.26 Å². The van der Waals surface area contributed by atoms with Crippen molar-refractivity contribution < 1.29 is 9.21 Å². The van der Waals surface area contributed by atoms with E-state index in [-0.39, 0.29) is 11.9 Å². The van der Waals surface area contributed by atoms with Crippen molar-refractivity contribution in [1.29, 1.82) is 0 Å². The predicted octanol–water partition coefficient (Wildman–Crippen LogP) is 4.50. The van der Waals surface area contributed by atoms with E-state index in [2.05, 4.69) is 77.6 Å². The summed E-state index contributed by atoms with van der Waals surface area (Å²) >= 11 is 0. The smallest absolute Gasteiger partial charge is 0.273 e. The topological polar surface area (TPSA) is 58.4 Å². The summed E-state index contributed by atoms with van der Waals surface area (Å²) in [6.07, 6.45) is 1.43. The van der Waals surface area contributed by atoms with Crippen LogP contribution < -0.4 is 5.32 Å². The zero-order valence-electron chi connectivity index (χ0n) is 16.7. The summed E-state index contributed by atoms with van der Waals surface area (Å²) in [5.74, 6) is 0.330. The largest absolute Gasteiger partial charge is 0.447 e. The molecule has 0 bridgehead atoms. The van der Waals surface area contributed by atoms with Gasteiger partial charge in [0.15, 0.2) is 5.69 Å². The Morgan fingerprint density at radius 1 is 1.11 bits per heavy atom. The average molecular weight is 377 g/mol. The van der Waals surface area contributed by atoms with Gasteiger partial charge < -0.3 is 9.73 Å². The van der Waals surface area contributed by atoms with Crippen molar-refractivity contribution in [2.45, 2.75) is 39.9 Å². The Morgan fingerprint density at radius 2 is 1.82 bits per heavy atom. The Hall–Kier alpha value is -2.92. The standard InChI is InChI=1S/C23H27N3O2/c1-4-24-23(27)21-16-28-22(25-21)15-26(14-20-13-9-8-10-17(20)2)18(3)19-11-6-5-7-12-19/h5-13,16,18H,4,14-15H2,1-3H3,(H,24,27). The van der Waals surface area contributed by atoms with Crippen LogP contribution in [0, 0.1) is 6.92 Å². The van der Waals surface area contributed by atoms with Crippen LogP contribution in [-0.4, -0.2) is 22.3 Å². The highest BCUT2D eigenvalue weighted by atomic mass is 16.3. The fourth-order valence-electron chi connectivity index (χ4n) is 3.19. The average Bonchev–Trinajstić information content (AvgIpc) is 3.18. The lowest BCUT2D eigenvalue weighted by atomic mass is 10.0. The molecule has 0 fully saturated rings. The number of benzene rings is 2. The van der Waals surface area contributed by atoms with Gasteiger partial charge in [0.05, 0.1) is 6.54 Å². The van der Waals surface area contributed by atoms with Gasteiger partial charge in [0.2, 0.25) is 5.89 Å². The van der Waals surface area contributed by atoms with Crippen molar-refractivity contribution in [1.82, 2.24) is 15.2 Å². The molecule has 5 nitrogen and oxygen atoms in total. The summed E-state index contributed by atoms with van der Waals surface area (Å²) in [4.78, 5) is 18.7. The first-order valence-corrected chi connectivity index (χ1v) is 9.64. The zero-order valence-corrected chi connectivity index (χ0v) is 16.7. The summed E-state index contributed by atoms with van der Waals surface area (Å²) in [7, 11) is 0. The molecule has 1 unspecified atom stereocenters. The van der Waals surface area contributed by atoms with Crippen molar-refractivity contribution in [3.63, 3.8) is 0 Å². The van der Waals surface area contributed by atoms with Crippen LogP contribution in [-0.2, 0) is 13.1 Å². The van der Waals surface area contributed by atoms with E-state index in [0.29, 0.717) is 24.7 Å². The molecule has 0 aliphatic heterocycles. The molecule has 1 aromatic heterocycles. The first-order valence-electron chi connectivity index (χ1n) is 9.64.